The summed E-state index contributed by atoms with van der Waals surface area (Å²) < 4.78 is 16.0. The number of carbonyl (C=O) groups is 3. The van der Waals surface area contributed by atoms with Crippen molar-refractivity contribution >= 4 is 50.2 Å². The number of nitrogens with two attached hydrogens (primary N) is 1. The second kappa shape index (κ2) is 7.91. The molecule has 0 bridgehead atoms. The Morgan fingerprint density at radius 2 is 2.09 bits per heavy atom. The summed E-state index contributed by atoms with van der Waals surface area (Å²) in [5, 5.41) is 7.37. The van der Waals surface area contributed by atoms with Gasteiger partial charge in [0.15, 0.2) is 11.5 Å². The van der Waals surface area contributed by atoms with Crippen LogP contribution < -0.4 is 11.1 Å². The lowest BCUT2D eigenvalue weighted by Crippen LogP contribution is -2.46. The van der Waals surface area contributed by atoms with Gasteiger partial charge in [-0.1, -0.05) is 6.07 Å². The van der Waals surface area contributed by atoms with Crippen LogP contribution in [-0.4, -0.2) is 49.5 Å². The number of rotatable bonds is 5. The number of aromatic nitrogens is 3. The van der Waals surface area contributed by atoms with Gasteiger partial charge in [0.2, 0.25) is 11.8 Å². The minimum atomic E-state index is -0.711. The molecule has 1 aliphatic heterocycles. The van der Waals surface area contributed by atoms with Crippen LogP contribution in [0.15, 0.2) is 34.9 Å². The SMILES string of the molecule is Cc1cc2c(C(N)=O)nn(CC(=O)N3[C@@H]4C[C@@H]4C[C@H]3C(=O)Nc3cccc(Br)c3F)c2cn1. The molecule has 0 spiro atoms. The summed E-state index contributed by atoms with van der Waals surface area (Å²) in [4.78, 5) is 43.9. The van der Waals surface area contributed by atoms with Crippen molar-refractivity contribution in [3.05, 3.63) is 52.1 Å². The Balaban J connectivity index is 1.39. The van der Waals surface area contributed by atoms with Gasteiger partial charge in [-0.2, -0.15) is 5.10 Å². The van der Waals surface area contributed by atoms with Crippen molar-refractivity contribution in [2.75, 3.05) is 5.32 Å². The quantitative estimate of drug-likeness (QED) is 0.540. The lowest BCUT2D eigenvalue weighted by atomic mass is 10.1. The maximum Gasteiger partial charge on any atom is 0.269 e. The molecular weight excluding hydrogens is 495 g/mol. The number of fused-ring (bicyclic) bond motifs is 2. The van der Waals surface area contributed by atoms with Crippen LogP contribution in [0.5, 0.6) is 0 Å². The number of hydrogen-bond donors (Lipinski definition) is 2. The van der Waals surface area contributed by atoms with E-state index in [0.717, 1.165) is 6.42 Å². The van der Waals surface area contributed by atoms with E-state index in [1.807, 2.05) is 0 Å². The van der Waals surface area contributed by atoms with E-state index in [4.69, 9.17) is 5.73 Å². The smallest absolute Gasteiger partial charge is 0.269 e. The van der Waals surface area contributed by atoms with E-state index in [-0.39, 0.29) is 40.3 Å². The zero-order valence-corrected chi connectivity index (χ0v) is 19.2. The van der Waals surface area contributed by atoms with Gasteiger partial charge in [0.25, 0.3) is 5.91 Å². The van der Waals surface area contributed by atoms with Gasteiger partial charge >= 0.3 is 0 Å². The fourth-order valence-corrected chi connectivity index (χ4v) is 4.92. The predicted octanol–water partition coefficient (Wildman–Crippen LogP) is 2.37. The van der Waals surface area contributed by atoms with Gasteiger partial charge < -0.3 is 16.0 Å². The standard InChI is InChI=1S/C22H20BrFN6O3/c1-10-5-12-17(8-26-10)29(28-20(12)21(25)32)9-18(31)30-15-6-11(15)7-16(30)22(33)27-14-4-2-3-13(23)19(14)24/h2-5,8,11,15-16H,6-7,9H2,1H3,(H2,25,32)(H,27,33)/t11-,15-,16+/m1/s1. The van der Waals surface area contributed by atoms with Crippen LogP contribution in [0, 0.1) is 18.7 Å². The van der Waals surface area contributed by atoms with Gasteiger partial charge in [0.1, 0.15) is 12.6 Å². The summed E-state index contributed by atoms with van der Waals surface area (Å²) >= 11 is 3.11. The number of aryl methyl sites for hydroxylation is 1. The highest BCUT2D eigenvalue weighted by Crippen LogP contribution is 2.48. The lowest BCUT2D eigenvalue weighted by molar-refractivity contribution is -0.138. The minimum Gasteiger partial charge on any atom is -0.364 e. The highest BCUT2D eigenvalue weighted by atomic mass is 79.9. The Morgan fingerprint density at radius 3 is 2.85 bits per heavy atom. The second-order valence-electron chi connectivity index (χ2n) is 8.42. The molecule has 3 atom stereocenters. The molecule has 5 rings (SSSR count). The highest BCUT2D eigenvalue weighted by Gasteiger charge is 2.56. The summed E-state index contributed by atoms with van der Waals surface area (Å²) in [6.07, 6.45) is 2.89. The number of benzene rings is 1. The van der Waals surface area contributed by atoms with Crippen LogP contribution in [0.25, 0.3) is 10.9 Å². The fraction of sp³-hybridized carbons (Fsp3) is 0.318. The zero-order valence-electron chi connectivity index (χ0n) is 17.6. The third kappa shape index (κ3) is 3.75. The van der Waals surface area contributed by atoms with Crippen molar-refractivity contribution in [2.24, 2.45) is 11.7 Å². The highest BCUT2D eigenvalue weighted by molar-refractivity contribution is 9.10. The van der Waals surface area contributed by atoms with Crippen molar-refractivity contribution in [3.8, 4) is 0 Å². The molecule has 1 aliphatic carbocycles. The molecule has 3 N–H and O–H groups in total. The van der Waals surface area contributed by atoms with Crippen LogP contribution in [-0.2, 0) is 16.1 Å². The van der Waals surface area contributed by atoms with Gasteiger partial charge in [-0.25, -0.2) is 4.39 Å². The number of likely N-dealkylation sites (tertiary alicyclic amines) is 1. The Labute approximate surface area is 196 Å². The number of nitrogens with zero attached hydrogens (tertiary/aromatic N) is 4. The van der Waals surface area contributed by atoms with E-state index in [1.54, 1.807) is 30.2 Å². The minimum absolute atomic E-state index is 0.0292. The number of primary amides is 1. The third-order valence-corrected chi connectivity index (χ3v) is 6.81. The summed E-state index contributed by atoms with van der Waals surface area (Å²) in [7, 11) is 0. The van der Waals surface area contributed by atoms with Crippen molar-refractivity contribution in [1.82, 2.24) is 19.7 Å². The Bertz CT molecular complexity index is 1320. The molecule has 3 aromatic rings. The van der Waals surface area contributed by atoms with Gasteiger partial charge in [-0.3, -0.25) is 24.0 Å². The number of anilines is 1. The number of nitrogens with one attached hydrogen (secondary N) is 1. The average molecular weight is 515 g/mol. The topological polar surface area (TPSA) is 123 Å². The lowest BCUT2D eigenvalue weighted by Gasteiger charge is -2.27. The molecule has 33 heavy (non-hydrogen) atoms. The maximum atomic E-state index is 14.3. The predicted molar refractivity (Wildman–Crippen MR) is 121 cm³/mol. The Kier molecular flexibility index (Phi) is 5.15. The van der Waals surface area contributed by atoms with E-state index in [2.05, 4.69) is 31.3 Å². The number of piperidine rings is 1. The van der Waals surface area contributed by atoms with Crippen molar-refractivity contribution in [1.29, 1.82) is 0 Å². The molecule has 2 aliphatic rings. The molecule has 2 fully saturated rings. The zero-order chi connectivity index (χ0) is 23.4. The van der Waals surface area contributed by atoms with Gasteiger partial charge in [0.05, 0.1) is 21.9 Å². The van der Waals surface area contributed by atoms with Crippen LogP contribution >= 0.6 is 15.9 Å². The summed E-state index contributed by atoms with van der Waals surface area (Å²) in [6, 6.07) is 5.58. The van der Waals surface area contributed by atoms with Crippen LogP contribution in [0.2, 0.25) is 0 Å². The van der Waals surface area contributed by atoms with E-state index in [1.165, 1.54) is 16.8 Å². The molecule has 0 radical (unpaired) electrons. The largest absolute Gasteiger partial charge is 0.364 e. The number of hydrogen-bond acceptors (Lipinski definition) is 5. The average Bonchev–Trinajstić information content (AvgIpc) is 3.28. The summed E-state index contributed by atoms with van der Waals surface area (Å²) in [5.74, 6) is -1.77. The van der Waals surface area contributed by atoms with Crippen LogP contribution in [0.1, 0.15) is 29.0 Å². The first kappa shape index (κ1) is 21.5. The normalized spacial score (nSPS) is 21.2. The molecule has 11 heteroatoms. The first-order chi connectivity index (χ1) is 15.7. The first-order valence-corrected chi connectivity index (χ1v) is 11.2. The molecule has 170 valence electrons. The molecular formula is C22H20BrFN6O3. The van der Waals surface area contributed by atoms with Crippen molar-refractivity contribution in [2.45, 2.75) is 38.4 Å². The first-order valence-electron chi connectivity index (χ1n) is 10.4. The van der Waals surface area contributed by atoms with Gasteiger partial charge in [-0.05, 0) is 59.8 Å². The number of amides is 3. The van der Waals surface area contributed by atoms with E-state index >= 15 is 0 Å². The van der Waals surface area contributed by atoms with E-state index in [9.17, 15) is 18.8 Å². The van der Waals surface area contributed by atoms with Crippen molar-refractivity contribution < 1.29 is 18.8 Å². The number of pyridine rings is 1. The summed E-state index contributed by atoms with van der Waals surface area (Å²) in [5.41, 5.74) is 6.77. The molecule has 1 saturated carbocycles. The van der Waals surface area contributed by atoms with Gasteiger partial charge in [0, 0.05) is 17.1 Å². The molecule has 1 aromatic carbocycles. The molecule has 3 amide bonds. The van der Waals surface area contributed by atoms with Crippen molar-refractivity contribution in [3.63, 3.8) is 0 Å². The monoisotopic (exact) mass is 514 g/mol. The van der Waals surface area contributed by atoms with Crippen LogP contribution in [0.3, 0.4) is 0 Å². The molecule has 2 aromatic heterocycles. The molecule has 0 unspecified atom stereocenters. The van der Waals surface area contributed by atoms with E-state index < -0.39 is 23.7 Å². The summed E-state index contributed by atoms with van der Waals surface area (Å²) in [6.45, 7) is 1.61. The number of carbonyl (C=O) groups excluding carboxylic acids is 3. The molecule has 1 saturated heterocycles. The molecule has 9 nitrogen and oxygen atoms in total. The number of halogens is 2. The van der Waals surface area contributed by atoms with E-state index in [0.29, 0.717) is 23.0 Å². The van der Waals surface area contributed by atoms with Crippen LogP contribution in [0.4, 0.5) is 10.1 Å². The fourth-order valence-electron chi connectivity index (χ4n) is 4.55. The van der Waals surface area contributed by atoms with Gasteiger partial charge in [-0.15, -0.1) is 0 Å². The molecule has 3 heterocycles. The second-order valence-corrected chi connectivity index (χ2v) is 9.27. The Morgan fingerprint density at radius 1 is 1.30 bits per heavy atom. The third-order valence-electron chi connectivity index (χ3n) is 6.20. The Hall–Kier alpha value is -3.34. The maximum absolute atomic E-state index is 14.3.